The number of hydrogen-bond donors (Lipinski definition) is 1. The number of benzene rings is 1. The monoisotopic (exact) mass is 407 g/mol. The quantitative estimate of drug-likeness (QED) is 0.535. The lowest BCUT2D eigenvalue weighted by atomic mass is 9.86. The molecule has 0 spiro atoms. The average Bonchev–Trinajstić information content (AvgIpc) is 3.09. The minimum Gasteiger partial charge on any atom is -0.490 e. The van der Waals surface area contributed by atoms with Crippen molar-refractivity contribution in [1.29, 1.82) is 0 Å². The Morgan fingerprint density at radius 2 is 2.11 bits per heavy atom. The van der Waals surface area contributed by atoms with Gasteiger partial charge in [-0.05, 0) is 25.6 Å². The molecule has 1 aliphatic heterocycles. The van der Waals surface area contributed by atoms with E-state index in [9.17, 15) is 0 Å². The highest BCUT2D eigenvalue weighted by Gasteiger charge is 2.47. The molecule has 2 heterocycles. The lowest BCUT2D eigenvalue weighted by Crippen LogP contribution is -2.46. The molecule has 3 rings (SSSR count). The lowest BCUT2D eigenvalue weighted by Gasteiger charge is -2.43. The third-order valence-corrected chi connectivity index (χ3v) is 8.02. The second-order valence-corrected chi connectivity index (χ2v) is 11.9. The van der Waals surface area contributed by atoms with Gasteiger partial charge in [-0.2, -0.15) is 0 Å². The van der Waals surface area contributed by atoms with Gasteiger partial charge in [0.15, 0.2) is 0 Å². The molecule has 1 aliphatic rings. The number of ether oxygens (including phenoxy) is 2. The summed E-state index contributed by atoms with van der Waals surface area (Å²) in [6.07, 6.45) is 2.54. The molecule has 4 atom stereocenters. The lowest BCUT2D eigenvalue weighted by molar-refractivity contribution is -0.0242. The van der Waals surface area contributed by atoms with Gasteiger partial charge in [0, 0.05) is 49.9 Å². The number of hydrogen-bond acceptors (Lipinski definition) is 5. The van der Waals surface area contributed by atoms with Gasteiger partial charge in [0.25, 0.3) is 0 Å². The largest absolute Gasteiger partial charge is 0.490 e. The molecule has 0 fully saturated rings. The zero-order valence-electron chi connectivity index (χ0n) is 17.0. The molecule has 1 N–H and O–H groups in total. The van der Waals surface area contributed by atoms with Crippen molar-refractivity contribution in [3.63, 3.8) is 0 Å². The molecule has 0 radical (unpaired) electrons. The minimum absolute atomic E-state index is 0.0353. The van der Waals surface area contributed by atoms with Crippen LogP contribution in [0.4, 0.5) is 4.11 Å². The summed E-state index contributed by atoms with van der Waals surface area (Å²) >= 11 is 0. The van der Waals surface area contributed by atoms with Crippen molar-refractivity contribution in [1.82, 2.24) is 15.0 Å². The Balaban J connectivity index is 1.81. The predicted octanol–water partition coefficient (Wildman–Crippen LogP) is 3.53. The third kappa shape index (κ3) is 4.44. The van der Waals surface area contributed by atoms with Crippen molar-refractivity contribution in [2.45, 2.75) is 57.2 Å². The van der Waals surface area contributed by atoms with Gasteiger partial charge in [0.05, 0.1) is 11.8 Å². The van der Waals surface area contributed by atoms with Crippen LogP contribution in [-0.2, 0) is 17.7 Å². The molecule has 0 saturated carbocycles. The number of para-hydroxylation sites is 1. The SMILES string of the molecule is CO[C@H]1c2ccccc2O[C@@H](C(CCn2cc(CCO)nn2)[Si](C)(C)F)[C@@H]1C. The van der Waals surface area contributed by atoms with E-state index >= 15 is 4.11 Å². The van der Waals surface area contributed by atoms with Gasteiger partial charge in [-0.25, -0.2) is 0 Å². The zero-order valence-corrected chi connectivity index (χ0v) is 18.0. The molecular weight excluding hydrogens is 377 g/mol. The molecule has 2 aromatic rings. The number of aryl methyl sites for hydroxylation is 1. The number of aliphatic hydroxyl groups is 1. The summed E-state index contributed by atoms with van der Waals surface area (Å²) in [6.45, 7) is 6.17. The minimum atomic E-state index is -3.02. The molecule has 1 aromatic carbocycles. The van der Waals surface area contributed by atoms with Crippen LogP contribution in [0.25, 0.3) is 0 Å². The zero-order chi connectivity index (χ0) is 20.3. The second-order valence-electron chi connectivity index (χ2n) is 8.04. The van der Waals surface area contributed by atoms with E-state index in [0.717, 1.165) is 17.0 Å². The molecule has 8 heteroatoms. The van der Waals surface area contributed by atoms with E-state index in [-0.39, 0.29) is 30.3 Å². The van der Waals surface area contributed by atoms with Crippen LogP contribution in [0.1, 0.15) is 30.7 Å². The molecule has 0 bridgehead atoms. The Labute approximate surface area is 166 Å². The van der Waals surface area contributed by atoms with Crippen molar-refractivity contribution in [2.24, 2.45) is 5.92 Å². The molecule has 28 heavy (non-hydrogen) atoms. The van der Waals surface area contributed by atoms with Crippen LogP contribution >= 0.6 is 0 Å². The van der Waals surface area contributed by atoms with Gasteiger partial charge in [0.2, 0.25) is 8.41 Å². The van der Waals surface area contributed by atoms with E-state index in [1.54, 1.807) is 24.9 Å². The average molecular weight is 408 g/mol. The van der Waals surface area contributed by atoms with Crippen LogP contribution < -0.4 is 4.74 Å². The summed E-state index contributed by atoms with van der Waals surface area (Å²) in [7, 11) is -1.32. The molecule has 0 aliphatic carbocycles. The van der Waals surface area contributed by atoms with E-state index in [2.05, 4.69) is 17.2 Å². The number of aromatic nitrogens is 3. The topological polar surface area (TPSA) is 69.4 Å². The first kappa shape index (κ1) is 20.9. The maximum absolute atomic E-state index is 15.4. The van der Waals surface area contributed by atoms with E-state index < -0.39 is 8.41 Å². The number of methoxy groups -OCH3 is 1. The van der Waals surface area contributed by atoms with Crippen molar-refractivity contribution in [3.8, 4) is 5.75 Å². The van der Waals surface area contributed by atoms with Crippen LogP contribution in [-0.4, -0.2) is 48.3 Å². The molecule has 1 aromatic heterocycles. The van der Waals surface area contributed by atoms with Gasteiger partial charge >= 0.3 is 0 Å². The number of nitrogens with zero attached hydrogens (tertiary/aromatic N) is 3. The Morgan fingerprint density at radius 1 is 1.36 bits per heavy atom. The maximum atomic E-state index is 15.4. The Morgan fingerprint density at radius 3 is 2.79 bits per heavy atom. The highest BCUT2D eigenvalue weighted by atomic mass is 28.4. The molecule has 154 valence electrons. The summed E-state index contributed by atoms with van der Waals surface area (Å²) < 4.78 is 29.2. The van der Waals surface area contributed by atoms with Crippen LogP contribution in [0.5, 0.6) is 5.75 Å². The molecule has 0 amide bonds. The third-order valence-electron chi connectivity index (χ3n) is 5.64. The van der Waals surface area contributed by atoms with E-state index in [4.69, 9.17) is 14.6 Å². The standard InChI is InChI=1S/C20H30FN3O3Si/c1-14-19(26-2)16-7-5-6-8-17(16)27-20(14)18(28(3,4)21)9-11-24-13-15(10-12-25)22-23-24/h5-8,13-14,18-20,25H,9-12H2,1-4H3/t14-,18?,19-,20-/m1/s1. The van der Waals surface area contributed by atoms with Gasteiger partial charge in [-0.3, -0.25) is 4.68 Å². The summed E-state index contributed by atoms with van der Waals surface area (Å²) in [4.78, 5) is 0. The van der Waals surface area contributed by atoms with E-state index in [1.807, 2.05) is 30.5 Å². The van der Waals surface area contributed by atoms with Crippen LogP contribution in [0.15, 0.2) is 30.5 Å². The fourth-order valence-electron chi connectivity index (χ4n) is 4.17. The van der Waals surface area contributed by atoms with Gasteiger partial charge in [0.1, 0.15) is 11.9 Å². The van der Waals surface area contributed by atoms with Gasteiger partial charge < -0.3 is 18.7 Å². The van der Waals surface area contributed by atoms with Crippen LogP contribution in [0.2, 0.25) is 18.6 Å². The van der Waals surface area contributed by atoms with Crippen molar-refractivity contribution >= 4 is 8.41 Å². The fourth-order valence-corrected chi connectivity index (χ4v) is 6.14. The Kier molecular flexibility index (Phi) is 6.52. The summed E-state index contributed by atoms with van der Waals surface area (Å²) in [5.74, 6) is 0.819. The van der Waals surface area contributed by atoms with Crippen LogP contribution in [0.3, 0.4) is 0 Å². The molecule has 1 unspecified atom stereocenters. The Hall–Kier alpha value is -1.77. The number of aliphatic hydroxyl groups excluding tert-OH is 1. The first-order valence-corrected chi connectivity index (χ1v) is 12.8. The summed E-state index contributed by atoms with van der Waals surface area (Å²) in [6, 6.07) is 7.86. The summed E-state index contributed by atoms with van der Waals surface area (Å²) in [5.41, 5.74) is 1.56. The van der Waals surface area contributed by atoms with E-state index in [1.165, 1.54) is 0 Å². The smallest absolute Gasteiger partial charge is 0.247 e. The fraction of sp³-hybridized carbons (Fsp3) is 0.600. The Bertz CT molecular complexity index is 780. The highest BCUT2D eigenvalue weighted by molar-refractivity contribution is 6.72. The number of fused-ring (bicyclic) bond motifs is 1. The summed E-state index contributed by atoms with van der Waals surface area (Å²) in [5, 5.41) is 17.2. The van der Waals surface area contributed by atoms with Crippen molar-refractivity contribution in [3.05, 3.63) is 41.7 Å². The van der Waals surface area contributed by atoms with Gasteiger partial charge in [-0.15, -0.1) is 5.10 Å². The van der Waals surface area contributed by atoms with Crippen LogP contribution in [0, 0.1) is 5.92 Å². The maximum Gasteiger partial charge on any atom is 0.247 e. The predicted molar refractivity (Wildman–Crippen MR) is 108 cm³/mol. The van der Waals surface area contributed by atoms with E-state index in [0.29, 0.717) is 19.4 Å². The highest BCUT2D eigenvalue weighted by Crippen LogP contribution is 2.47. The second kappa shape index (κ2) is 8.71. The van der Waals surface area contributed by atoms with Gasteiger partial charge in [-0.1, -0.05) is 30.3 Å². The number of rotatable bonds is 8. The normalized spacial score (nSPS) is 23.1. The first-order chi connectivity index (χ1) is 13.3. The molecule has 0 saturated heterocycles. The van der Waals surface area contributed by atoms with Crippen molar-refractivity contribution in [2.75, 3.05) is 13.7 Å². The first-order valence-electron chi connectivity index (χ1n) is 9.82. The number of halogens is 1. The molecule has 6 nitrogen and oxygen atoms in total. The van der Waals surface area contributed by atoms with Crippen molar-refractivity contribution < 1.29 is 18.7 Å². The molecular formula is C20H30FN3O3Si.